The van der Waals surface area contributed by atoms with E-state index in [0.717, 1.165) is 0 Å². The number of rotatable bonds is 5. The van der Waals surface area contributed by atoms with Crippen LogP contribution in [0.4, 0.5) is 4.39 Å². The van der Waals surface area contributed by atoms with Gasteiger partial charge in [0, 0.05) is 43.9 Å². The maximum Gasteiger partial charge on any atom is 0.275 e. The minimum absolute atomic E-state index is 0.0922. The van der Waals surface area contributed by atoms with Gasteiger partial charge in [-0.2, -0.15) is 0 Å². The van der Waals surface area contributed by atoms with Gasteiger partial charge in [0.1, 0.15) is 11.4 Å². The van der Waals surface area contributed by atoms with E-state index in [1.165, 1.54) is 29.0 Å². The summed E-state index contributed by atoms with van der Waals surface area (Å²) in [6.45, 7) is 2.07. The van der Waals surface area contributed by atoms with E-state index in [-0.39, 0.29) is 47.5 Å². The highest BCUT2D eigenvalue weighted by atomic mass is 35.5. The van der Waals surface area contributed by atoms with Gasteiger partial charge in [0.15, 0.2) is 11.4 Å². The summed E-state index contributed by atoms with van der Waals surface area (Å²) in [6, 6.07) is 4.35. The molecular weight excluding hydrogens is 429 g/mol. The predicted molar refractivity (Wildman–Crippen MR) is 110 cm³/mol. The third-order valence-corrected chi connectivity index (χ3v) is 6.43. The number of fused-ring (bicyclic) bond motifs is 1. The predicted octanol–water partition coefficient (Wildman–Crippen LogP) is 1.50. The molecule has 8 nitrogen and oxygen atoms in total. The Bertz CT molecular complexity index is 1150. The third-order valence-electron chi connectivity index (χ3n) is 6.14. The lowest BCUT2D eigenvalue weighted by atomic mass is 10.0. The Morgan fingerprint density at radius 2 is 2.13 bits per heavy atom. The van der Waals surface area contributed by atoms with E-state index >= 15 is 0 Å². The first-order chi connectivity index (χ1) is 14.7. The van der Waals surface area contributed by atoms with Crippen molar-refractivity contribution in [3.05, 3.63) is 62.3 Å². The summed E-state index contributed by atoms with van der Waals surface area (Å²) >= 11 is 5.74. The highest BCUT2D eigenvalue weighted by Crippen LogP contribution is 2.52. The molecule has 10 heteroatoms. The van der Waals surface area contributed by atoms with Gasteiger partial charge in [0.2, 0.25) is 5.43 Å². The molecule has 164 valence electrons. The first-order valence-electron chi connectivity index (χ1n) is 9.85. The molecule has 0 unspecified atom stereocenters. The normalized spacial score (nSPS) is 21.9. The number of nitrogens with zero attached hydrogens (tertiary/aromatic N) is 2. The van der Waals surface area contributed by atoms with Gasteiger partial charge >= 0.3 is 0 Å². The van der Waals surface area contributed by atoms with Gasteiger partial charge < -0.3 is 25.0 Å². The van der Waals surface area contributed by atoms with Gasteiger partial charge in [0.25, 0.3) is 11.8 Å². The molecule has 1 saturated carbocycles. The number of carbonyl (C=O) groups excluding carboxylic acids is 2. The largest absolute Gasteiger partial charge is 0.503 e. The number of hydrogen-bond donors (Lipinski definition) is 3. The molecule has 0 radical (unpaired) electrons. The molecule has 1 aliphatic heterocycles. The van der Waals surface area contributed by atoms with E-state index in [1.807, 2.05) is 0 Å². The number of amides is 2. The first-order valence-corrected chi connectivity index (χ1v) is 10.2. The molecule has 2 atom stereocenters. The Labute approximate surface area is 181 Å². The molecule has 4 rings (SSSR count). The number of aromatic hydroxyl groups is 1. The zero-order valence-corrected chi connectivity index (χ0v) is 17.4. The summed E-state index contributed by atoms with van der Waals surface area (Å²) in [5, 5.41) is 22.4. The van der Waals surface area contributed by atoms with Gasteiger partial charge in [-0.3, -0.25) is 14.4 Å². The van der Waals surface area contributed by atoms with Gasteiger partial charge in [-0.1, -0.05) is 23.7 Å². The van der Waals surface area contributed by atoms with Crippen LogP contribution in [0.5, 0.6) is 5.75 Å². The summed E-state index contributed by atoms with van der Waals surface area (Å²) in [4.78, 5) is 39.8. The molecule has 1 aromatic carbocycles. The molecule has 1 aromatic heterocycles. The molecule has 1 spiro atoms. The zero-order chi connectivity index (χ0) is 22.5. The third kappa shape index (κ3) is 3.28. The van der Waals surface area contributed by atoms with Crippen molar-refractivity contribution in [2.24, 2.45) is 5.92 Å². The second kappa shape index (κ2) is 7.65. The average molecular weight is 450 g/mol. The first kappa shape index (κ1) is 21.3. The highest BCUT2D eigenvalue weighted by molar-refractivity contribution is 6.30. The Kier molecular flexibility index (Phi) is 5.26. The molecule has 2 heterocycles. The van der Waals surface area contributed by atoms with Crippen molar-refractivity contribution in [3.63, 3.8) is 0 Å². The molecule has 2 aliphatic rings. The van der Waals surface area contributed by atoms with Crippen molar-refractivity contribution < 1.29 is 24.2 Å². The van der Waals surface area contributed by atoms with Crippen LogP contribution >= 0.6 is 11.6 Å². The van der Waals surface area contributed by atoms with Crippen molar-refractivity contribution in [3.8, 4) is 5.75 Å². The van der Waals surface area contributed by atoms with Crippen LogP contribution < -0.4 is 10.7 Å². The number of aliphatic hydroxyl groups excluding tert-OH is 1. The fourth-order valence-corrected chi connectivity index (χ4v) is 4.61. The fourth-order valence-electron chi connectivity index (χ4n) is 4.41. The second-order valence-corrected chi connectivity index (χ2v) is 8.24. The number of aromatic nitrogens is 1. The lowest BCUT2D eigenvalue weighted by molar-refractivity contribution is 0.0508. The number of nitrogens with one attached hydrogen (secondary N) is 1. The van der Waals surface area contributed by atoms with Crippen LogP contribution in [0, 0.1) is 11.7 Å². The number of aliphatic hydroxyl groups is 1. The maximum atomic E-state index is 14.0. The number of halogens is 2. The van der Waals surface area contributed by atoms with E-state index in [0.29, 0.717) is 13.0 Å². The minimum atomic E-state index is -0.981. The molecule has 3 N–H and O–H groups in total. The summed E-state index contributed by atoms with van der Waals surface area (Å²) in [6.07, 6.45) is 1.82. The van der Waals surface area contributed by atoms with Crippen LogP contribution in [0.3, 0.4) is 0 Å². The van der Waals surface area contributed by atoms with Crippen LogP contribution in [-0.2, 0) is 13.1 Å². The van der Waals surface area contributed by atoms with Crippen LogP contribution in [0.15, 0.2) is 29.2 Å². The Hall–Kier alpha value is -2.91. The summed E-state index contributed by atoms with van der Waals surface area (Å²) in [5.41, 5.74) is -1.99. The van der Waals surface area contributed by atoms with Gasteiger partial charge in [-0.15, -0.1) is 0 Å². The average Bonchev–Trinajstić information content (AvgIpc) is 3.44. The van der Waals surface area contributed by atoms with Crippen molar-refractivity contribution in [1.29, 1.82) is 0 Å². The lowest BCUT2D eigenvalue weighted by Gasteiger charge is -2.38. The number of benzene rings is 1. The molecule has 0 bridgehead atoms. The van der Waals surface area contributed by atoms with E-state index in [2.05, 4.69) is 5.32 Å². The Morgan fingerprint density at radius 1 is 1.39 bits per heavy atom. The Morgan fingerprint density at radius 3 is 2.77 bits per heavy atom. The molecular formula is C21H21ClFN3O5. The molecule has 31 heavy (non-hydrogen) atoms. The lowest BCUT2D eigenvalue weighted by Crippen LogP contribution is -2.52. The molecule has 0 saturated heterocycles. The van der Waals surface area contributed by atoms with Crippen LogP contribution in [0.25, 0.3) is 0 Å². The summed E-state index contributed by atoms with van der Waals surface area (Å²) < 4.78 is 15.4. The molecule has 2 amide bonds. The van der Waals surface area contributed by atoms with E-state index < -0.39 is 34.3 Å². The van der Waals surface area contributed by atoms with Crippen LogP contribution in [0.1, 0.15) is 39.8 Å². The topological polar surface area (TPSA) is 112 Å². The van der Waals surface area contributed by atoms with Crippen LogP contribution in [0.2, 0.25) is 5.02 Å². The Balaban J connectivity index is 1.66. The standard InChI is InChI=1S/C21H21ClFN3O5/c1-2-26-20(31)16-18(29)17(28)13(8-25(16)10-21(26)6-12(21)9-27)19(30)24-7-11-4-3-5-14(22)15(11)23/h3-5,8,12,27,29H,2,6-7,9-10H2,1H3,(H,24,30)/t12-,21-/m0/s1. The molecule has 2 aromatic rings. The van der Waals surface area contributed by atoms with E-state index in [9.17, 15) is 29.0 Å². The van der Waals surface area contributed by atoms with Crippen LogP contribution in [-0.4, -0.2) is 50.2 Å². The van der Waals surface area contributed by atoms with Crippen molar-refractivity contribution >= 4 is 23.4 Å². The number of pyridine rings is 1. The molecule has 1 fully saturated rings. The number of carbonyl (C=O) groups is 2. The van der Waals surface area contributed by atoms with Gasteiger partial charge in [-0.25, -0.2) is 4.39 Å². The van der Waals surface area contributed by atoms with Crippen molar-refractivity contribution in [2.45, 2.75) is 32.0 Å². The summed E-state index contributed by atoms with van der Waals surface area (Å²) in [7, 11) is 0. The quantitative estimate of drug-likeness (QED) is 0.640. The van der Waals surface area contributed by atoms with Crippen molar-refractivity contribution in [2.75, 3.05) is 13.2 Å². The number of likely N-dealkylation sites (N-methyl/N-ethyl adjacent to an activating group) is 1. The van der Waals surface area contributed by atoms with Gasteiger partial charge in [0.05, 0.1) is 10.6 Å². The van der Waals surface area contributed by atoms with Crippen molar-refractivity contribution in [1.82, 2.24) is 14.8 Å². The maximum absolute atomic E-state index is 14.0. The molecule has 1 aliphatic carbocycles. The fraction of sp³-hybridized carbons (Fsp3) is 0.381. The summed E-state index contributed by atoms with van der Waals surface area (Å²) in [5.74, 6) is -2.93. The van der Waals surface area contributed by atoms with E-state index in [1.54, 1.807) is 11.8 Å². The monoisotopic (exact) mass is 449 g/mol. The SMILES string of the molecule is CCN1C(=O)c2c(O)c(=O)c(C(=O)NCc3cccc(Cl)c3F)cn2C[C@]12C[C@H]2CO. The minimum Gasteiger partial charge on any atom is -0.503 e. The highest BCUT2D eigenvalue weighted by Gasteiger charge is 2.61. The number of hydrogen-bond acceptors (Lipinski definition) is 5. The van der Waals surface area contributed by atoms with Gasteiger partial charge in [-0.05, 0) is 19.4 Å². The second-order valence-electron chi connectivity index (χ2n) is 7.83. The smallest absolute Gasteiger partial charge is 0.275 e. The zero-order valence-electron chi connectivity index (χ0n) is 16.7. The van der Waals surface area contributed by atoms with E-state index in [4.69, 9.17) is 11.6 Å².